The summed E-state index contributed by atoms with van der Waals surface area (Å²) >= 11 is 0. The Morgan fingerprint density at radius 3 is 2.62 bits per heavy atom. The zero-order chi connectivity index (χ0) is 15.9. The summed E-state index contributed by atoms with van der Waals surface area (Å²) in [5, 5.41) is 2.93. The van der Waals surface area contributed by atoms with Crippen LogP contribution in [0.2, 0.25) is 0 Å². The lowest BCUT2D eigenvalue weighted by Crippen LogP contribution is -2.30. The van der Waals surface area contributed by atoms with Crippen LogP contribution in [-0.4, -0.2) is 0 Å². The second-order valence-corrected chi connectivity index (χ2v) is 7.23. The van der Waals surface area contributed by atoms with E-state index in [9.17, 15) is 0 Å². The predicted octanol–water partition coefficient (Wildman–Crippen LogP) is 4.42. The molecule has 0 aromatic heterocycles. The van der Waals surface area contributed by atoms with Gasteiger partial charge in [0.05, 0.1) is 0 Å². The summed E-state index contributed by atoms with van der Waals surface area (Å²) in [6.45, 7) is 0. The lowest BCUT2D eigenvalue weighted by atomic mass is 9.91. The molecule has 0 radical (unpaired) electrons. The van der Waals surface area contributed by atoms with Gasteiger partial charge < -0.3 is 0 Å². The van der Waals surface area contributed by atoms with Gasteiger partial charge in [-0.1, -0.05) is 60.7 Å². The number of fused-ring (bicyclic) bond motifs is 3. The molecule has 5 rings (SSSR count). The van der Waals surface area contributed by atoms with Gasteiger partial charge in [0.1, 0.15) is 0 Å². The second-order valence-electron chi connectivity index (χ2n) is 7.23. The smallest absolute Gasteiger partial charge is 0.00170 e. The molecule has 3 aliphatic carbocycles. The van der Waals surface area contributed by atoms with Gasteiger partial charge >= 0.3 is 0 Å². The third-order valence-corrected chi connectivity index (χ3v) is 5.73. The highest BCUT2D eigenvalue weighted by Crippen LogP contribution is 2.43. The normalized spacial score (nSPS) is 18.5. The molecular weight excluding hydrogens is 288 g/mol. The highest BCUT2D eigenvalue weighted by molar-refractivity contribution is 5.80. The molecule has 0 aliphatic heterocycles. The standard InChI is InChI=1S/C24H22/c1-2-6-17(7-3-1)14-18-10-11-19-12-13-22-21-9-5-4-8-20(21)16-24(22)23(19)15-18/h1-3,6-8,10-12,15H,4-5,9,13-14,16H2. The van der Waals surface area contributed by atoms with Crippen molar-refractivity contribution < 1.29 is 0 Å². The highest BCUT2D eigenvalue weighted by Gasteiger charge is 2.26. The van der Waals surface area contributed by atoms with E-state index in [0.717, 1.165) is 12.8 Å². The zero-order valence-corrected chi connectivity index (χ0v) is 14.0. The van der Waals surface area contributed by atoms with Gasteiger partial charge in [-0.15, -0.1) is 0 Å². The predicted molar refractivity (Wildman–Crippen MR) is 101 cm³/mol. The third kappa shape index (κ3) is 2.29. The molecule has 2 aromatic rings. The van der Waals surface area contributed by atoms with Gasteiger partial charge in [-0.3, -0.25) is 0 Å². The lowest BCUT2D eigenvalue weighted by Gasteiger charge is -2.13. The fraction of sp³-hybridized carbons (Fsp3) is 0.250. The Kier molecular flexibility index (Phi) is 3.29. The van der Waals surface area contributed by atoms with E-state index in [-0.39, 0.29) is 0 Å². The van der Waals surface area contributed by atoms with E-state index in [1.807, 2.05) is 0 Å². The Hall–Kier alpha value is -2.34. The van der Waals surface area contributed by atoms with Gasteiger partial charge in [-0.05, 0) is 82.4 Å². The monoisotopic (exact) mass is 310 g/mol. The van der Waals surface area contributed by atoms with Crippen LogP contribution in [0.3, 0.4) is 0 Å². The molecule has 2 aromatic carbocycles. The summed E-state index contributed by atoms with van der Waals surface area (Å²) in [6.07, 6.45) is 12.1. The number of benzene rings is 2. The van der Waals surface area contributed by atoms with Crippen LogP contribution in [0.5, 0.6) is 0 Å². The summed E-state index contributed by atoms with van der Waals surface area (Å²) in [6, 6.07) is 17.9. The molecule has 0 amide bonds. The molecule has 0 spiro atoms. The molecule has 0 heteroatoms. The molecule has 118 valence electrons. The first-order valence-corrected chi connectivity index (χ1v) is 9.16. The summed E-state index contributed by atoms with van der Waals surface area (Å²) in [4.78, 5) is 0. The Bertz CT molecular complexity index is 984. The van der Waals surface area contributed by atoms with Crippen molar-refractivity contribution >= 4 is 11.6 Å². The minimum atomic E-state index is 1.02. The van der Waals surface area contributed by atoms with Gasteiger partial charge in [0.25, 0.3) is 0 Å². The average molecular weight is 310 g/mol. The Morgan fingerprint density at radius 2 is 1.71 bits per heavy atom. The average Bonchev–Trinajstić information content (AvgIpc) is 3.02. The van der Waals surface area contributed by atoms with E-state index < -0.39 is 0 Å². The van der Waals surface area contributed by atoms with Crippen molar-refractivity contribution in [2.45, 2.75) is 38.5 Å². The molecule has 0 N–H and O–H groups in total. The van der Waals surface area contributed by atoms with Crippen LogP contribution in [0.25, 0.3) is 11.6 Å². The maximum atomic E-state index is 2.49. The van der Waals surface area contributed by atoms with Gasteiger partial charge in [0, 0.05) is 0 Å². The van der Waals surface area contributed by atoms with E-state index in [1.165, 1.54) is 47.2 Å². The van der Waals surface area contributed by atoms with Crippen molar-refractivity contribution in [2.24, 2.45) is 0 Å². The SMILES string of the molecule is C1=C2CC3=c4cc(Cc5ccccc5)ccc4=CCC3=C2CCC1. The fourth-order valence-corrected chi connectivity index (χ4v) is 4.54. The van der Waals surface area contributed by atoms with Gasteiger partial charge in [-0.2, -0.15) is 0 Å². The van der Waals surface area contributed by atoms with Crippen molar-refractivity contribution in [2.75, 3.05) is 0 Å². The van der Waals surface area contributed by atoms with Gasteiger partial charge in [-0.25, -0.2) is 0 Å². The van der Waals surface area contributed by atoms with Crippen molar-refractivity contribution in [3.8, 4) is 0 Å². The van der Waals surface area contributed by atoms with E-state index >= 15 is 0 Å². The molecule has 0 nitrogen and oxygen atoms in total. The van der Waals surface area contributed by atoms with Crippen molar-refractivity contribution in [3.63, 3.8) is 0 Å². The van der Waals surface area contributed by atoms with Crippen LogP contribution in [0.1, 0.15) is 43.2 Å². The molecule has 24 heavy (non-hydrogen) atoms. The van der Waals surface area contributed by atoms with Crippen LogP contribution in [0, 0.1) is 0 Å². The van der Waals surface area contributed by atoms with E-state index in [0.29, 0.717) is 0 Å². The second kappa shape index (κ2) is 5.63. The number of hydrogen-bond acceptors (Lipinski definition) is 0. The summed E-state index contributed by atoms with van der Waals surface area (Å²) in [7, 11) is 0. The van der Waals surface area contributed by atoms with Crippen molar-refractivity contribution in [1.29, 1.82) is 0 Å². The number of allylic oxidation sites excluding steroid dienone is 4. The number of rotatable bonds is 2. The maximum Gasteiger partial charge on any atom is -0.00170 e. The van der Waals surface area contributed by atoms with E-state index in [4.69, 9.17) is 0 Å². The molecule has 0 atom stereocenters. The topological polar surface area (TPSA) is 0 Å². The first kappa shape index (κ1) is 14.0. The highest BCUT2D eigenvalue weighted by atomic mass is 14.3. The summed E-state index contributed by atoms with van der Waals surface area (Å²) in [5.41, 5.74) is 9.38. The minimum Gasteiger partial charge on any atom is -0.0807 e. The first-order valence-electron chi connectivity index (χ1n) is 9.16. The van der Waals surface area contributed by atoms with Crippen molar-refractivity contribution in [1.82, 2.24) is 0 Å². The largest absolute Gasteiger partial charge is 0.0807 e. The Morgan fingerprint density at radius 1 is 0.792 bits per heavy atom. The quantitative estimate of drug-likeness (QED) is 0.770. The summed E-state index contributed by atoms with van der Waals surface area (Å²) in [5.74, 6) is 0. The third-order valence-electron chi connectivity index (χ3n) is 5.73. The molecule has 0 saturated carbocycles. The lowest BCUT2D eigenvalue weighted by molar-refractivity contribution is 0.798. The van der Waals surface area contributed by atoms with Gasteiger partial charge in [0.15, 0.2) is 0 Å². The molecule has 0 bridgehead atoms. The van der Waals surface area contributed by atoms with Crippen LogP contribution < -0.4 is 10.4 Å². The maximum absolute atomic E-state index is 2.49. The number of hydrogen-bond donors (Lipinski definition) is 0. The summed E-state index contributed by atoms with van der Waals surface area (Å²) < 4.78 is 0. The molecule has 0 unspecified atom stereocenters. The van der Waals surface area contributed by atoms with Crippen LogP contribution >= 0.6 is 0 Å². The van der Waals surface area contributed by atoms with E-state index in [2.05, 4.69) is 60.7 Å². The van der Waals surface area contributed by atoms with Crippen LogP contribution in [0.4, 0.5) is 0 Å². The van der Waals surface area contributed by atoms with Crippen LogP contribution in [-0.2, 0) is 6.42 Å². The van der Waals surface area contributed by atoms with Crippen LogP contribution in [0.15, 0.2) is 71.3 Å². The molecular formula is C24H22. The Labute approximate surface area is 143 Å². The molecule has 0 heterocycles. The fourth-order valence-electron chi connectivity index (χ4n) is 4.54. The van der Waals surface area contributed by atoms with Crippen molar-refractivity contribution in [3.05, 3.63) is 92.9 Å². The Balaban J connectivity index is 1.63. The molecule has 0 fully saturated rings. The van der Waals surface area contributed by atoms with Gasteiger partial charge in [0.2, 0.25) is 0 Å². The molecule has 0 saturated heterocycles. The zero-order valence-electron chi connectivity index (χ0n) is 14.0. The van der Waals surface area contributed by atoms with E-state index in [1.54, 1.807) is 22.3 Å². The minimum absolute atomic E-state index is 1.02. The first-order chi connectivity index (χ1) is 11.9. The molecule has 3 aliphatic rings.